The quantitative estimate of drug-likeness (QED) is 0.662. The van der Waals surface area contributed by atoms with Gasteiger partial charge in [0.1, 0.15) is 28.1 Å². The van der Waals surface area contributed by atoms with Gasteiger partial charge < -0.3 is 5.32 Å². The van der Waals surface area contributed by atoms with Gasteiger partial charge in [0.15, 0.2) is 5.65 Å². The zero-order valence-corrected chi connectivity index (χ0v) is 14.2. The maximum atomic E-state index is 14.3. The van der Waals surface area contributed by atoms with Crippen LogP contribution in [0.3, 0.4) is 0 Å². The highest BCUT2D eigenvalue weighted by Gasteiger charge is 2.24. The van der Waals surface area contributed by atoms with E-state index in [-0.39, 0.29) is 22.4 Å². The summed E-state index contributed by atoms with van der Waals surface area (Å²) in [5.74, 6) is -3.16. The molecule has 0 fully saturated rings. The molecule has 2 heterocycles. The van der Waals surface area contributed by atoms with Crippen molar-refractivity contribution in [1.82, 2.24) is 15.0 Å². The SMILES string of the molecule is CCC(C)Nc1c(-c2c(F)cc(F)cc2F)c(Cl)nc2nccnc12. The molecule has 0 bridgehead atoms. The van der Waals surface area contributed by atoms with Crippen molar-refractivity contribution in [2.24, 2.45) is 0 Å². The van der Waals surface area contributed by atoms with E-state index in [2.05, 4.69) is 20.3 Å². The van der Waals surface area contributed by atoms with Crippen molar-refractivity contribution in [3.63, 3.8) is 0 Å². The molecule has 1 N–H and O–H groups in total. The van der Waals surface area contributed by atoms with E-state index in [9.17, 15) is 13.2 Å². The summed E-state index contributed by atoms with van der Waals surface area (Å²) in [5, 5.41) is 3.01. The van der Waals surface area contributed by atoms with Crippen molar-refractivity contribution in [2.75, 3.05) is 5.32 Å². The van der Waals surface area contributed by atoms with Crippen LogP contribution < -0.4 is 5.32 Å². The number of hydrogen-bond acceptors (Lipinski definition) is 4. The number of anilines is 1. The van der Waals surface area contributed by atoms with Gasteiger partial charge in [0.2, 0.25) is 0 Å². The average molecular weight is 367 g/mol. The van der Waals surface area contributed by atoms with Crippen LogP contribution >= 0.6 is 11.6 Å². The molecule has 130 valence electrons. The Balaban J connectivity index is 2.38. The lowest BCUT2D eigenvalue weighted by Gasteiger charge is -2.19. The number of nitrogens with zero attached hydrogens (tertiary/aromatic N) is 3. The number of halogens is 4. The molecule has 1 aromatic carbocycles. The summed E-state index contributed by atoms with van der Waals surface area (Å²) in [7, 11) is 0. The van der Waals surface area contributed by atoms with E-state index in [1.807, 2.05) is 13.8 Å². The number of benzene rings is 1. The van der Waals surface area contributed by atoms with Gasteiger partial charge in [0.05, 0.1) is 16.8 Å². The monoisotopic (exact) mass is 366 g/mol. The van der Waals surface area contributed by atoms with E-state index in [1.54, 1.807) is 0 Å². The van der Waals surface area contributed by atoms with Gasteiger partial charge in [-0.3, -0.25) is 0 Å². The lowest BCUT2D eigenvalue weighted by molar-refractivity contribution is 0.548. The van der Waals surface area contributed by atoms with Crippen molar-refractivity contribution in [2.45, 2.75) is 26.3 Å². The summed E-state index contributed by atoms with van der Waals surface area (Å²) in [5.41, 5.74) is 0.402. The molecule has 0 saturated heterocycles. The lowest BCUT2D eigenvalue weighted by atomic mass is 10.0. The van der Waals surface area contributed by atoms with Crippen LogP contribution in [0.5, 0.6) is 0 Å². The third-order valence-electron chi connectivity index (χ3n) is 3.84. The zero-order chi connectivity index (χ0) is 18.1. The summed E-state index contributed by atoms with van der Waals surface area (Å²) in [4.78, 5) is 12.4. The van der Waals surface area contributed by atoms with Crippen LogP contribution in [0.15, 0.2) is 24.5 Å². The minimum atomic E-state index is -1.07. The highest BCUT2D eigenvalue weighted by Crippen LogP contribution is 2.40. The molecule has 0 spiro atoms. The largest absolute Gasteiger partial charge is 0.380 e. The highest BCUT2D eigenvalue weighted by molar-refractivity contribution is 6.33. The number of aromatic nitrogens is 3. The molecule has 2 aromatic heterocycles. The third-order valence-corrected chi connectivity index (χ3v) is 4.11. The van der Waals surface area contributed by atoms with Gasteiger partial charge >= 0.3 is 0 Å². The Labute approximate surface area is 147 Å². The summed E-state index contributed by atoms with van der Waals surface area (Å²) >= 11 is 6.21. The summed E-state index contributed by atoms with van der Waals surface area (Å²) in [6, 6.07) is 1.17. The Kier molecular flexibility index (Phi) is 4.76. The average Bonchev–Trinajstić information content (AvgIpc) is 2.56. The molecule has 0 saturated carbocycles. The van der Waals surface area contributed by atoms with Crippen LogP contribution in [0, 0.1) is 17.5 Å². The first-order valence-electron chi connectivity index (χ1n) is 7.64. The van der Waals surface area contributed by atoms with Crippen LogP contribution in [0.1, 0.15) is 20.3 Å². The second-order valence-corrected chi connectivity index (χ2v) is 5.94. The molecule has 3 rings (SSSR count). The third kappa shape index (κ3) is 3.24. The van der Waals surface area contributed by atoms with Crippen molar-refractivity contribution >= 4 is 28.5 Å². The van der Waals surface area contributed by atoms with E-state index in [0.29, 0.717) is 23.3 Å². The molecule has 0 aliphatic carbocycles. The van der Waals surface area contributed by atoms with Gasteiger partial charge in [-0.05, 0) is 13.3 Å². The smallest absolute Gasteiger partial charge is 0.181 e. The molecule has 0 aliphatic rings. The molecule has 0 radical (unpaired) electrons. The van der Waals surface area contributed by atoms with Crippen molar-refractivity contribution < 1.29 is 13.2 Å². The fraction of sp³-hybridized carbons (Fsp3) is 0.235. The molecule has 0 amide bonds. The number of fused-ring (bicyclic) bond motifs is 1. The van der Waals surface area contributed by atoms with Crippen LogP contribution in [0.4, 0.5) is 18.9 Å². The maximum absolute atomic E-state index is 14.3. The summed E-state index contributed by atoms with van der Waals surface area (Å²) < 4.78 is 42.0. The van der Waals surface area contributed by atoms with Gasteiger partial charge in [-0.25, -0.2) is 28.1 Å². The lowest BCUT2D eigenvalue weighted by Crippen LogP contribution is -2.16. The van der Waals surface area contributed by atoms with E-state index in [0.717, 1.165) is 6.42 Å². The van der Waals surface area contributed by atoms with Gasteiger partial charge in [-0.15, -0.1) is 0 Å². The summed E-state index contributed by atoms with van der Waals surface area (Å²) in [6.45, 7) is 3.85. The fourth-order valence-corrected chi connectivity index (χ4v) is 2.73. The van der Waals surface area contributed by atoms with Gasteiger partial charge in [-0.2, -0.15) is 0 Å². The number of hydrogen-bond donors (Lipinski definition) is 1. The minimum absolute atomic E-state index is 0.00929. The second kappa shape index (κ2) is 6.84. The summed E-state index contributed by atoms with van der Waals surface area (Å²) in [6.07, 6.45) is 3.63. The van der Waals surface area contributed by atoms with Crippen LogP contribution in [-0.4, -0.2) is 21.0 Å². The molecular formula is C17H14ClF3N4. The van der Waals surface area contributed by atoms with Crippen LogP contribution in [-0.2, 0) is 0 Å². The van der Waals surface area contributed by atoms with E-state index >= 15 is 0 Å². The van der Waals surface area contributed by atoms with Gasteiger partial charge in [-0.1, -0.05) is 18.5 Å². The maximum Gasteiger partial charge on any atom is 0.181 e. The Morgan fingerprint density at radius 1 is 1.08 bits per heavy atom. The number of rotatable bonds is 4. The van der Waals surface area contributed by atoms with Crippen molar-refractivity contribution in [3.05, 3.63) is 47.1 Å². The molecular weight excluding hydrogens is 353 g/mol. The fourth-order valence-electron chi connectivity index (χ4n) is 2.46. The molecule has 4 nitrogen and oxygen atoms in total. The Hall–Kier alpha value is -2.41. The van der Waals surface area contributed by atoms with E-state index < -0.39 is 23.0 Å². The van der Waals surface area contributed by atoms with E-state index in [4.69, 9.17) is 11.6 Å². The Morgan fingerprint density at radius 2 is 1.72 bits per heavy atom. The molecule has 3 aromatic rings. The van der Waals surface area contributed by atoms with Crippen LogP contribution in [0.2, 0.25) is 5.15 Å². The van der Waals surface area contributed by atoms with Crippen LogP contribution in [0.25, 0.3) is 22.3 Å². The normalized spacial score (nSPS) is 12.4. The van der Waals surface area contributed by atoms with E-state index in [1.165, 1.54) is 12.4 Å². The second-order valence-electron chi connectivity index (χ2n) is 5.58. The topological polar surface area (TPSA) is 50.7 Å². The molecule has 1 atom stereocenters. The van der Waals surface area contributed by atoms with Crippen molar-refractivity contribution in [3.8, 4) is 11.1 Å². The Bertz CT molecular complexity index is 926. The molecule has 0 aliphatic heterocycles. The number of nitrogens with one attached hydrogen (secondary N) is 1. The standard InChI is InChI=1S/C17H14ClF3N4/c1-3-8(2)24-14-13(12-10(20)6-9(19)7-11(12)21)16(18)25-17-15(14)22-4-5-23-17/h4-8H,3H2,1-2H3,(H,23,24,25). The zero-order valence-electron chi connectivity index (χ0n) is 13.4. The molecule has 8 heteroatoms. The molecule has 25 heavy (non-hydrogen) atoms. The molecule has 1 unspecified atom stereocenters. The number of pyridine rings is 1. The van der Waals surface area contributed by atoms with Gasteiger partial charge in [0.25, 0.3) is 0 Å². The predicted octanol–water partition coefficient (Wildman–Crippen LogP) is 4.97. The first-order chi connectivity index (χ1) is 11.9. The van der Waals surface area contributed by atoms with Crippen molar-refractivity contribution in [1.29, 1.82) is 0 Å². The first-order valence-corrected chi connectivity index (χ1v) is 8.01. The van der Waals surface area contributed by atoms with Gasteiger partial charge in [0, 0.05) is 30.6 Å². The Morgan fingerprint density at radius 3 is 2.36 bits per heavy atom. The highest BCUT2D eigenvalue weighted by atomic mass is 35.5. The predicted molar refractivity (Wildman–Crippen MR) is 91.0 cm³/mol. The minimum Gasteiger partial charge on any atom is -0.380 e. The first kappa shape index (κ1) is 17.4.